The number of halogens is 4. The maximum absolute atomic E-state index is 13.1. The first-order valence-corrected chi connectivity index (χ1v) is 6.06. The van der Waals surface area contributed by atoms with Gasteiger partial charge in [-0.3, -0.25) is 4.79 Å². The molecule has 3 nitrogen and oxygen atoms in total. The van der Waals surface area contributed by atoms with Gasteiger partial charge in [0.05, 0.1) is 5.56 Å². The first kappa shape index (κ1) is 14.0. The zero-order valence-corrected chi connectivity index (χ0v) is 11.3. The van der Waals surface area contributed by atoms with Crippen molar-refractivity contribution in [3.05, 3.63) is 33.8 Å². The summed E-state index contributed by atoms with van der Waals surface area (Å²) in [6.45, 7) is 0.768. The molecule has 0 N–H and O–H groups in total. The van der Waals surface area contributed by atoms with Gasteiger partial charge in [0.15, 0.2) is 5.78 Å². The number of benzene rings is 1. The van der Waals surface area contributed by atoms with Crippen molar-refractivity contribution in [1.29, 1.82) is 0 Å². The fourth-order valence-electron chi connectivity index (χ4n) is 1.98. The third-order valence-corrected chi connectivity index (χ3v) is 3.51. The molecule has 1 aromatic carbocycles. The van der Waals surface area contributed by atoms with E-state index in [1.165, 1.54) is 18.2 Å². The number of fused-ring (bicyclic) bond motifs is 1. The quantitative estimate of drug-likeness (QED) is 0.740. The maximum atomic E-state index is 13.1. The van der Waals surface area contributed by atoms with Crippen LogP contribution in [0.4, 0.5) is 13.2 Å². The Morgan fingerprint density at radius 3 is 2.58 bits per heavy atom. The van der Waals surface area contributed by atoms with Crippen LogP contribution in [0.15, 0.2) is 22.7 Å². The van der Waals surface area contributed by atoms with Gasteiger partial charge >= 0.3 is 12.1 Å². The molecule has 0 amide bonds. The smallest absolute Gasteiger partial charge is 0.436 e. The van der Waals surface area contributed by atoms with Gasteiger partial charge in [0, 0.05) is 10.9 Å². The molecule has 0 aliphatic carbocycles. The summed E-state index contributed by atoms with van der Waals surface area (Å²) in [5.41, 5.74) is -2.90. The highest BCUT2D eigenvalue weighted by atomic mass is 79.9. The molecule has 1 unspecified atom stereocenters. The van der Waals surface area contributed by atoms with Crippen molar-refractivity contribution in [2.45, 2.75) is 25.1 Å². The van der Waals surface area contributed by atoms with Crippen LogP contribution >= 0.6 is 15.9 Å². The van der Waals surface area contributed by atoms with Gasteiger partial charge < -0.3 is 4.74 Å². The van der Waals surface area contributed by atoms with E-state index in [1.54, 1.807) is 0 Å². The van der Waals surface area contributed by atoms with E-state index in [4.69, 9.17) is 0 Å². The number of hydrogen-bond acceptors (Lipinski definition) is 3. The largest absolute Gasteiger partial charge is 0.437 e. The van der Waals surface area contributed by atoms with Gasteiger partial charge in [-0.05, 0) is 30.7 Å². The summed E-state index contributed by atoms with van der Waals surface area (Å²) in [4.78, 5) is 23.1. The minimum Gasteiger partial charge on any atom is -0.437 e. The lowest BCUT2D eigenvalue weighted by atomic mass is 9.85. The van der Waals surface area contributed by atoms with E-state index in [-0.39, 0.29) is 11.1 Å². The van der Waals surface area contributed by atoms with Crippen LogP contribution in [-0.2, 0) is 16.0 Å². The number of esters is 1. The summed E-state index contributed by atoms with van der Waals surface area (Å²) >= 11 is 3.12. The van der Waals surface area contributed by atoms with E-state index in [0.717, 1.165) is 6.92 Å². The summed E-state index contributed by atoms with van der Waals surface area (Å²) in [6, 6.07) is 4.27. The third-order valence-electron chi connectivity index (χ3n) is 3.02. The molecule has 0 aromatic heterocycles. The molecule has 0 spiro atoms. The zero-order valence-electron chi connectivity index (χ0n) is 9.68. The molecule has 0 bridgehead atoms. The molecule has 0 saturated carbocycles. The fourth-order valence-corrected chi connectivity index (χ4v) is 2.39. The molecule has 1 atom stereocenters. The van der Waals surface area contributed by atoms with Gasteiger partial charge in [-0.25, -0.2) is 4.79 Å². The monoisotopic (exact) mass is 336 g/mol. The Hall–Kier alpha value is -1.37. The highest BCUT2D eigenvalue weighted by Gasteiger charge is 2.63. The Kier molecular flexibility index (Phi) is 3.20. The number of hydrogen-bond donors (Lipinski definition) is 0. The minimum absolute atomic E-state index is 0.0457. The van der Waals surface area contributed by atoms with E-state index in [1.807, 2.05) is 0 Å². The van der Waals surface area contributed by atoms with Crippen LogP contribution in [0.3, 0.4) is 0 Å². The molecule has 1 heterocycles. The highest BCUT2D eigenvalue weighted by molar-refractivity contribution is 9.10. The van der Waals surface area contributed by atoms with Crippen molar-refractivity contribution < 1.29 is 27.5 Å². The number of cyclic esters (lactones) is 1. The second kappa shape index (κ2) is 4.33. The van der Waals surface area contributed by atoms with Crippen LogP contribution in [-0.4, -0.2) is 23.5 Å². The average molecular weight is 337 g/mol. The summed E-state index contributed by atoms with van der Waals surface area (Å²) in [5, 5.41) is 0. The second-order valence-electron chi connectivity index (χ2n) is 4.25. The fraction of sp³-hybridized carbons (Fsp3) is 0.333. The summed E-state index contributed by atoms with van der Waals surface area (Å²) in [6.07, 6.45) is -5.65. The van der Waals surface area contributed by atoms with Crippen molar-refractivity contribution in [3.63, 3.8) is 0 Å². The Balaban J connectivity index is 2.60. The summed E-state index contributed by atoms with van der Waals surface area (Å²) in [5.74, 6) is -2.37. The van der Waals surface area contributed by atoms with E-state index < -0.39 is 30.0 Å². The number of ketones is 1. The van der Waals surface area contributed by atoms with Crippen LogP contribution in [0.25, 0.3) is 0 Å². The van der Waals surface area contributed by atoms with Crippen molar-refractivity contribution in [2.75, 3.05) is 0 Å². The zero-order chi connectivity index (χ0) is 14.4. The number of carbonyl (C=O) groups is 2. The SMILES string of the molecule is CC(=O)C1(C(F)(F)F)Cc2cc(Br)ccc2C(=O)O1. The standard InChI is InChI=1S/C12H8BrF3O3/c1-6(17)11(12(14,15)16)5-7-4-8(13)2-3-9(7)10(18)19-11/h2-4H,5H2,1H3. The Bertz CT molecular complexity index is 568. The van der Waals surface area contributed by atoms with Gasteiger partial charge in [-0.15, -0.1) is 0 Å². The molecule has 0 fully saturated rings. The number of carbonyl (C=O) groups excluding carboxylic acids is 2. The first-order valence-electron chi connectivity index (χ1n) is 5.27. The van der Waals surface area contributed by atoms with Crippen LogP contribution in [0.2, 0.25) is 0 Å². The van der Waals surface area contributed by atoms with Crippen molar-refractivity contribution >= 4 is 27.7 Å². The van der Waals surface area contributed by atoms with Gasteiger partial charge in [0.25, 0.3) is 5.60 Å². The molecule has 19 heavy (non-hydrogen) atoms. The molecular formula is C12H8BrF3O3. The van der Waals surface area contributed by atoms with E-state index in [9.17, 15) is 22.8 Å². The van der Waals surface area contributed by atoms with Gasteiger partial charge in [-0.1, -0.05) is 15.9 Å². The number of Topliss-reactive ketones (excluding diaryl/α,β-unsaturated/α-hetero) is 1. The molecule has 0 saturated heterocycles. The van der Waals surface area contributed by atoms with E-state index in [0.29, 0.717) is 4.47 Å². The Morgan fingerprint density at radius 2 is 2.05 bits per heavy atom. The Morgan fingerprint density at radius 1 is 1.42 bits per heavy atom. The lowest BCUT2D eigenvalue weighted by molar-refractivity contribution is -0.250. The lowest BCUT2D eigenvalue weighted by Gasteiger charge is -2.36. The second-order valence-corrected chi connectivity index (χ2v) is 5.16. The highest BCUT2D eigenvalue weighted by Crippen LogP contribution is 2.41. The van der Waals surface area contributed by atoms with Crippen molar-refractivity contribution in [1.82, 2.24) is 0 Å². The average Bonchev–Trinajstić information content (AvgIpc) is 2.26. The lowest BCUT2D eigenvalue weighted by Crippen LogP contribution is -2.58. The topological polar surface area (TPSA) is 43.4 Å². The van der Waals surface area contributed by atoms with Crippen LogP contribution in [0, 0.1) is 0 Å². The number of alkyl halides is 3. The molecule has 1 aliphatic rings. The molecule has 0 radical (unpaired) electrons. The molecule has 102 valence electrons. The molecular weight excluding hydrogens is 329 g/mol. The molecule has 7 heteroatoms. The summed E-state index contributed by atoms with van der Waals surface area (Å²) in [7, 11) is 0. The van der Waals surface area contributed by atoms with Crippen molar-refractivity contribution in [2.24, 2.45) is 0 Å². The van der Waals surface area contributed by atoms with Crippen LogP contribution in [0.5, 0.6) is 0 Å². The number of ether oxygens (including phenoxy) is 1. The predicted octanol–water partition coefficient (Wildman–Crippen LogP) is 3.05. The molecule has 1 aromatic rings. The third kappa shape index (κ3) is 2.16. The van der Waals surface area contributed by atoms with Crippen molar-refractivity contribution in [3.8, 4) is 0 Å². The first-order chi connectivity index (χ1) is 8.67. The van der Waals surface area contributed by atoms with Gasteiger partial charge in [0.2, 0.25) is 0 Å². The van der Waals surface area contributed by atoms with Gasteiger partial charge in [-0.2, -0.15) is 13.2 Å². The normalized spacial score (nSPS) is 22.7. The summed E-state index contributed by atoms with van der Waals surface area (Å²) < 4.78 is 44.3. The van der Waals surface area contributed by atoms with E-state index >= 15 is 0 Å². The van der Waals surface area contributed by atoms with E-state index in [2.05, 4.69) is 20.7 Å². The van der Waals surface area contributed by atoms with Crippen LogP contribution in [0.1, 0.15) is 22.8 Å². The van der Waals surface area contributed by atoms with Gasteiger partial charge in [0.1, 0.15) is 0 Å². The molecule has 2 rings (SSSR count). The van der Waals surface area contributed by atoms with Crippen LogP contribution < -0.4 is 0 Å². The molecule has 1 aliphatic heterocycles. The number of rotatable bonds is 1. The maximum Gasteiger partial charge on any atom is 0.436 e. The minimum atomic E-state index is -4.95. The Labute approximate surface area is 114 Å². The predicted molar refractivity (Wildman–Crippen MR) is 62.7 cm³/mol.